The number of H-pyrrole nitrogens is 1. The predicted octanol–water partition coefficient (Wildman–Crippen LogP) is 1.85. The average Bonchev–Trinajstić information content (AvgIpc) is 2.68. The molecule has 0 amide bonds. The van der Waals surface area contributed by atoms with Crippen molar-refractivity contribution < 1.29 is 9.90 Å². The number of rotatable bonds is 3. The second-order valence-corrected chi connectivity index (χ2v) is 2.96. The van der Waals surface area contributed by atoms with Crippen LogP contribution in [-0.2, 0) is 0 Å². The van der Waals surface area contributed by atoms with Gasteiger partial charge >= 0.3 is 5.97 Å². The van der Waals surface area contributed by atoms with E-state index in [1.807, 2.05) is 30.3 Å². The highest BCUT2D eigenvalue weighted by molar-refractivity contribution is 5.86. The molecule has 0 unspecified atom stereocenters. The van der Waals surface area contributed by atoms with Crippen molar-refractivity contribution in [2.75, 3.05) is 5.32 Å². The third-order valence-electron chi connectivity index (χ3n) is 1.85. The standard InChI is InChI=1S/C10H9N3O2/c14-10(15)8-6-9(13-12-8)11-7-4-2-1-3-5-7/h1-6H,(H,14,15)(H2,11,12,13). The fourth-order valence-corrected chi connectivity index (χ4v) is 1.16. The highest BCUT2D eigenvalue weighted by Gasteiger charge is 2.06. The molecule has 2 aromatic rings. The number of carboxylic acid groups (broad SMARTS) is 1. The number of benzene rings is 1. The van der Waals surface area contributed by atoms with Crippen molar-refractivity contribution in [3.63, 3.8) is 0 Å². The van der Waals surface area contributed by atoms with Gasteiger partial charge in [0.05, 0.1) is 0 Å². The van der Waals surface area contributed by atoms with Crippen molar-refractivity contribution in [2.45, 2.75) is 0 Å². The van der Waals surface area contributed by atoms with Crippen molar-refractivity contribution in [3.05, 3.63) is 42.1 Å². The molecule has 15 heavy (non-hydrogen) atoms. The van der Waals surface area contributed by atoms with E-state index >= 15 is 0 Å². The second kappa shape index (κ2) is 3.83. The lowest BCUT2D eigenvalue weighted by Gasteiger charge is -2.00. The minimum atomic E-state index is -1.02. The molecule has 0 aliphatic rings. The van der Waals surface area contributed by atoms with Crippen LogP contribution in [0.5, 0.6) is 0 Å². The van der Waals surface area contributed by atoms with Crippen molar-refractivity contribution in [2.24, 2.45) is 0 Å². The molecule has 0 bridgehead atoms. The zero-order valence-electron chi connectivity index (χ0n) is 7.77. The Kier molecular flexibility index (Phi) is 2.37. The Labute approximate surface area is 85.8 Å². The Morgan fingerprint density at radius 3 is 2.67 bits per heavy atom. The number of hydrogen-bond donors (Lipinski definition) is 3. The van der Waals surface area contributed by atoms with Gasteiger partial charge in [0, 0.05) is 11.8 Å². The molecule has 1 aromatic carbocycles. The number of carbonyl (C=O) groups is 1. The molecule has 5 nitrogen and oxygen atoms in total. The Hall–Kier alpha value is -2.30. The Bertz CT molecular complexity index is 465. The molecule has 0 spiro atoms. The van der Waals surface area contributed by atoms with E-state index < -0.39 is 5.97 Å². The average molecular weight is 203 g/mol. The number of aromatic carboxylic acids is 1. The second-order valence-electron chi connectivity index (χ2n) is 2.96. The molecule has 0 aliphatic carbocycles. The molecule has 5 heteroatoms. The lowest BCUT2D eigenvalue weighted by atomic mass is 10.3. The lowest BCUT2D eigenvalue weighted by molar-refractivity contribution is 0.0690. The van der Waals surface area contributed by atoms with Gasteiger partial charge < -0.3 is 10.4 Å². The van der Waals surface area contributed by atoms with Crippen LogP contribution in [0.25, 0.3) is 0 Å². The quantitative estimate of drug-likeness (QED) is 0.711. The summed E-state index contributed by atoms with van der Waals surface area (Å²) < 4.78 is 0. The molecule has 3 N–H and O–H groups in total. The topological polar surface area (TPSA) is 78.0 Å². The lowest BCUT2D eigenvalue weighted by Crippen LogP contribution is -1.95. The smallest absolute Gasteiger partial charge is 0.353 e. The number of carboxylic acids is 1. The van der Waals surface area contributed by atoms with Crippen molar-refractivity contribution in [3.8, 4) is 0 Å². The van der Waals surface area contributed by atoms with E-state index in [0.29, 0.717) is 5.82 Å². The maximum Gasteiger partial charge on any atom is 0.353 e. The predicted molar refractivity (Wildman–Crippen MR) is 55.3 cm³/mol. The minimum Gasteiger partial charge on any atom is -0.477 e. The minimum absolute atomic E-state index is 0.0634. The maximum absolute atomic E-state index is 10.6. The van der Waals surface area contributed by atoms with Crippen molar-refractivity contribution in [1.82, 2.24) is 10.2 Å². The van der Waals surface area contributed by atoms with E-state index in [1.165, 1.54) is 6.07 Å². The monoisotopic (exact) mass is 203 g/mol. The van der Waals surface area contributed by atoms with Crippen molar-refractivity contribution >= 4 is 17.5 Å². The molecular weight excluding hydrogens is 194 g/mol. The molecule has 1 aromatic heterocycles. The zero-order chi connectivity index (χ0) is 10.7. The van der Waals surface area contributed by atoms with Gasteiger partial charge in [-0.15, -0.1) is 0 Å². The van der Waals surface area contributed by atoms with Crippen LogP contribution in [0, 0.1) is 0 Å². The Morgan fingerprint density at radius 2 is 2.07 bits per heavy atom. The van der Waals surface area contributed by atoms with Crippen LogP contribution in [0.4, 0.5) is 11.5 Å². The van der Waals surface area contributed by atoms with E-state index in [1.54, 1.807) is 0 Å². The maximum atomic E-state index is 10.6. The first-order chi connectivity index (χ1) is 7.25. The van der Waals surface area contributed by atoms with Crippen LogP contribution in [0.3, 0.4) is 0 Å². The fraction of sp³-hybridized carbons (Fsp3) is 0. The molecule has 2 rings (SSSR count). The first-order valence-corrected chi connectivity index (χ1v) is 4.36. The van der Waals surface area contributed by atoms with Gasteiger partial charge in [-0.1, -0.05) is 18.2 Å². The Morgan fingerprint density at radius 1 is 1.33 bits per heavy atom. The van der Waals surface area contributed by atoms with E-state index in [-0.39, 0.29) is 5.69 Å². The molecule has 0 atom stereocenters. The largest absolute Gasteiger partial charge is 0.477 e. The SMILES string of the molecule is O=C(O)c1cc(Nc2ccccc2)n[nH]1. The van der Waals surface area contributed by atoms with Crippen molar-refractivity contribution in [1.29, 1.82) is 0 Å². The number of hydrogen-bond acceptors (Lipinski definition) is 3. The van der Waals surface area contributed by atoms with Crippen LogP contribution < -0.4 is 5.32 Å². The van der Waals surface area contributed by atoms with E-state index in [2.05, 4.69) is 15.5 Å². The third-order valence-corrected chi connectivity index (χ3v) is 1.85. The highest BCUT2D eigenvalue weighted by atomic mass is 16.4. The van der Waals surface area contributed by atoms with Crippen LogP contribution in [0.2, 0.25) is 0 Å². The molecule has 0 radical (unpaired) electrons. The molecule has 0 saturated heterocycles. The van der Waals surface area contributed by atoms with E-state index in [0.717, 1.165) is 5.69 Å². The zero-order valence-corrected chi connectivity index (χ0v) is 7.77. The molecule has 0 saturated carbocycles. The van der Waals surface area contributed by atoms with Gasteiger partial charge in [0.25, 0.3) is 0 Å². The first-order valence-electron chi connectivity index (χ1n) is 4.36. The molecule has 0 aliphatic heterocycles. The first kappa shape index (κ1) is 9.26. The fourth-order valence-electron chi connectivity index (χ4n) is 1.16. The summed E-state index contributed by atoms with van der Waals surface area (Å²) in [7, 11) is 0. The summed E-state index contributed by atoms with van der Waals surface area (Å²) in [5, 5.41) is 17.9. The van der Waals surface area contributed by atoms with Crippen LogP contribution in [0.15, 0.2) is 36.4 Å². The molecular formula is C10H9N3O2. The molecule has 0 fully saturated rings. The van der Waals surface area contributed by atoms with Crippen LogP contribution in [-0.4, -0.2) is 21.3 Å². The summed E-state index contributed by atoms with van der Waals surface area (Å²) in [6.07, 6.45) is 0. The number of nitrogens with one attached hydrogen (secondary N) is 2. The van der Waals surface area contributed by atoms with Crippen LogP contribution in [0.1, 0.15) is 10.5 Å². The van der Waals surface area contributed by atoms with Gasteiger partial charge in [0.2, 0.25) is 0 Å². The highest BCUT2D eigenvalue weighted by Crippen LogP contribution is 2.13. The van der Waals surface area contributed by atoms with E-state index in [9.17, 15) is 4.79 Å². The summed E-state index contributed by atoms with van der Waals surface area (Å²) in [5.41, 5.74) is 0.925. The van der Waals surface area contributed by atoms with E-state index in [4.69, 9.17) is 5.11 Å². The Balaban J connectivity index is 2.15. The summed E-state index contributed by atoms with van der Waals surface area (Å²) in [6, 6.07) is 10.8. The third kappa shape index (κ3) is 2.14. The summed E-state index contributed by atoms with van der Waals surface area (Å²) in [6.45, 7) is 0. The number of nitrogens with zero attached hydrogens (tertiary/aromatic N) is 1. The van der Waals surface area contributed by atoms with Gasteiger partial charge in [-0.3, -0.25) is 5.10 Å². The molecule has 76 valence electrons. The molecule has 1 heterocycles. The summed E-state index contributed by atoms with van der Waals surface area (Å²) >= 11 is 0. The van der Waals surface area contributed by atoms with Gasteiger partial charge in [-0.05, 0) is 12.1 Å². The number of anilines is 2. The summed E-state index contributed by atoms with van der Waals surface area (Å²) in [5.74, 6) is -0.540. The van der Waals surface area contributed by atoms with Gasteiger partial charge in [-0.25, -0.2) is 4.79 Å². The van der Waals surface area contributed by atoms with Gasteiger partial charge in [-0.2, -0.15) is 5.10 Å². The normalized spacial score (nSPS) is 9.87. The van der Waals surface area contributed by atoms with Crippen LogP contribution >= 0.6 is 0 Å². The van der Waals surface area contributed by atoms with Gasteiger partial charge in [0.1, 0.15) is 5.69 Å². The number of aromatic nitrogens is 2. The van der Waals surface area contributed by atoms with Gasteiger partial charge in [0.15, 0.2) is 5.82 Å². The number of para-hydroxylation sites is 1. The number of aromatic amines is 1. The summed E-state index contributed by atoms with van der Waals surface area (Å²) in [4.78, 5) is 10.6.